The lowest BCUT2D eigenvalue weighted by atomic mass is 9.95. The molecule has 6 nitrogen and oxygen atoms in total. The number of hydrogen-bond acceptors (Lipinski definition) is 5. The van der Waals surface area contributed by atoms with Crippen LogP contribution in [0.15, 0.2) is 6.07 Å². The van der Waals surface area contributed by atoms with Crippen LogP contribution in [0.1, 0.15) is 19.5 Å². The molecular weight excluding hydrogens is 264 g/mol. The van der Waals surface area contributed by atoms with Crippen LogP contribution >= 0.6 is 12.2 Å². The van der Waals surface area contributed by atoms with Crippen molar-refractivity contribution in [2.45, 2.75) is 20.8 Å². The van der Waals surface area contributed by atoms with Gasteiger partial charge in [-0.2, -0.15) is 4.98 Å². The number of ether oxygens (including phenoxy) is 1. The van der Waals surface area contributed by atoms with E-state index in [-0.39, 0.29) is 22.8 Å². The Morgan fingerprint density at radius 3 is 2.58 bits per heavy atom. The van der Waals surface area contributed by atoms with Gasteiger partial charge in [0.05, 0.1) is 18.0 Å². The maximum Gasteiger partial charge on any atom is 0.236 e. The Kier molecular flexibility index (Phi) is 5.17. The molecule has 104 valence electrons. The Balaban J connectivity index is 2.92. The zero-order valence-electron chi connectivity index (χ0n) is 11.4. The fourth-order valence-corrected chi connectivity index (χ4v) is 2.03. The third-order valence-electron chi connectivity index (χ3n) is 2.53. The number of nitrogens with zero attached hydrogens (tertiary/aromatic N) is 2. The van der Waals surface area contributed by atoms with Gasteiger partial charge in [0.2, 0.25) is 17.7 Å². The van der Waals surface area contributed by atoms with Gasteiger partial charge in [-0.15, -0.1) is 0 Å². The Morgan fingerprint density at radius 2 is 2.11 bits per heavy atom. The largest absolute Gasteiger partial charge is 0.481 e. The van der Waals surface area contributed by atoms with E-state index in [0.717, 1.165) is 0 Å². The number of amides is 1. The van der Waals surface area contributed by atoms with Crippen LogP contribution in [0.5, 0.6) is 5.88 Å². The number of carbonyl (C=O) groups excluding carboxylic acids is 1. The van der Waals surface area contributed by atoms with Gasteiger partial charge in [0.15, 0.2) is 0 Å². The minimum absolute atomic E-state index is 0.00389. The first kappa shape index (κ1) is 15.3. The summed E-state index contributed by atoms with van der Waals surface area (Å²) in [6.45, 7) is 5.54. The van der Waals surface area contributed by atoms with Gasteiger partial charge in [-0.1, -0.05) is 26.1 Å². The zero-order chi connectivity index (χ0) is 14.6. The Labute approximate surface area is 117 Å². The van der Waals surface area contributed by atoms with Crippen molar-refractivity contribution in [3.05, 3.63) is 11.8 Å². The molecule has 0 aliphatic heterocycles. The Bertz CT molecular complexity index is 491. The first-order valence-electron chi connectivity index (χ1n) is 5.85. The van der Waals surface area contributed by atoms with E-state index in [1.807, 2.05) is 13.8 Å². The van der Waals surface area contributed by atoms with Crippen LogP contribution in [0.4, 0.5) is 5.95 Å². The van der Waals surface area contributed by atoms with Gasteiger partial charge >= 0.3 is 0 Å². The fourth-order valence-electron chi connectivity index (χ4n) is 1.65. The molecule has 3 N–H and O–H groups in total. The summed E-state index contributed by atoms with van der Waals surface area (Å²) in [4.78, 5) is 20.4. The first-order valence-corrected chi connectivity index (χ1v) is 6.25. The molecule has 0 aliphatic carbocycles. The van der Waals surface area contributed by atoms with E-state index in [2.05, 4.69) is 15.3 Å². The average molecular weight is 282 g/mol. The Hall–Kier alpha value is -1.76. The van der Waals surface area contributed by atoms with E-state index < -0.39 is 5.92 Å². The van der Waals surface area contributed by atoms with Crippen LogP contribution in [-0.2, 0) is 4.79 Å². The number of nitrogens with two attached hydrogens (primary N) is 1. The second kappa shape index (κ2) is 6.42. The molecule has 1 aromatic heterocycles. The van der Waals surface area contributed by atoms with E-state index >= 15 is 0 Å². The highest BCUT2D eigenvalue weighted by atomic mass is 32.1. The van der Waals surface area contributed by atoms with E-state index in [0.29, 0.717) is 11.6 Å². The smallest absolute Gasteiger partial charge is 0.236 e. The molecule has 1 aromatic rings. The second-order valence-electron chi connectivity index (χ2n) is 4.49. The van der Waals surface area contributed by atoms with Crippen molar-refractivity contribution in [3.8, 4) is 5.88 Å². The minimum atomic E-state index is -0.551. The normalized spacial score (nSPS) is 12.1. The lowest BCUT2D eigenvalue weighted by Crippen LogP contribution is -2.37. The Morgan fingerprint density at radius 1 is 1.47 bits per heavy atom. The highest BCUT2D eigenvalue weighted by Crippen LogP contribution is 2.16. The minimum Gasteiger partial charge on any atom is -0.481 e. The van der Waals surface area contributed by atoms with Crippen LogP contribution in [0.25, 0.3) is 0 Å². The summed E-state index contributed by atoms with van der Waals surface area (Å²) in [7, 11) is 1.50. The van der Waals surface area contributed by atoms with Crippen molar-refractivity contribution in [3.63, 3.8) is 0 Å². The van der Waals surface area contributed by atoms with Gasteiger partial charge < -0.3 is 10.5 Å². The topological polar surface area (TPSA) is 90.1 Å². The van der Waals surface area contributed by atoms with Crippen LogP contribution in [-0.4, -0.2) is 28.0 Å². The molecule has 0 spiro atoms. The predicted octanol–water partition coefficient (Wildman–Crippen LogP) is 1.29. The van der Waals surface area contributed by atoms with Crippen molar-refractivity contribution in [2.75, 3.05) is 12.4 Å². The second-order valence-corrected chi connectivity index (χ2v) is 4.96. The van der Waals surface area contributed by atoms with Crippen LogP contribution in [0.2, 0.25) is 0 Å². The molecule has 1 heterocycles. The highest BCUT2D eigenvalue weighted by Gasteiger charge is 2.25. The van der Waals surface area contributed by atoms with E-state index in [9.17, 15) is 4.79 Å². The highest BCUT2D eigenvalue weighted by molar-refractivity contribution is 7.80. The van der Waals surface area contributed by atoms with Crippen molar-refractivity contribution in [1.82, 2.24) is 9.97 Å². The quantitative estimate of drug-likeness (QED) is 0.791. The number of aromatic nitrogens is 2. The van der Waals surface area contributed by atoms with E-state index in [1.165, 1.54) is 7.11 Å². The molecular formula is C12H18N4O2S. The summed E-state index contributed by atoms with van der Waals surface area (Å²) >= 11 is 4.91. The molecule has 19 heavy (non-hydrogen) atoms. The SMILES string of the molecule is COc1cc(C)nc(NC(=O)C(C(N)=S)C(C)C)n1. The third-order valence-corrected chi connectivity index (χ3v) is 2.78. The van der Waals surface area contributed by atoms with Crippen LogP contribution in [0.3, 0.4) is 0 Å². The van der Waals surface area contributed by atoms with Crippen molar-refractivity contribution >= 4 is 29.1 Å². The first-order chi connectivity index (χ1) is 8.85. The molecule has 0 radical (unpaired) electrons. The molecule has 1 amide bonds. The molecule has 0 fully saturated rings. The van der Waals surface area contributed by atoms with Gasteiger partial charge in [0, 0.05) is 11.8 Å². The molecule has 0 bridgehead atoms. The van der Waals surface area contributed by atoms with Gasteiger partial charge in [-0.05, 0) is 12.8 Å². The number of carbonyl (C=O) groups is 1. The number of aryl methyl sites for hydroxylation is 1. The monoisotopic (exact) mass is 282 g/mol. The number of thiocarbonyl (C=S) groups is 1. The van der Waals surface area contributed by atoms with Crippen LogP contribution in [0, 0.1) is 18.8 Å². The number of anilines is 1. The molecule has 1 atom stereocenters. The van der Waals surface area contributed by atoms with Gasteiger partial charge in [0.1, 0.15) is 0 Å². The van der Waals surface area contributed by atoms with E-state index in [1.54, 1.807) is 13.0 Å². The summed E-state index contributed by atoms with van der Waals surface area (Å²) in [5.74, 6) is -0.285. The van der Waals surface area contributed by atoms with Crippen molar-refractivity contribution in [2.24, 2.45) is 17.6 Å². The molecule has 0 saturated heterocycles. The number of hydrogen-bond donors (Lipinski definition) is 2. The third kappa shape index (κ3) is 4.13. The van der Waals surface area contributed by atoms with Gasteiger partial charge in [-0.25, -0.2) is 4.98 Å². The van der Waals surface area contributed by atoms with Gasteiger partial charge in [-0.3, -0.25) is 10.1 Å². The number of rotatable bonds is 5. The number of methoxy groups -OCH3 is 1. The lowest BCUT2D eigenvalue weighted by Gasteiger charge is -2.18. The van der Waals surface area contributed by atoms with E-state index in [4.69, 9.17) is 22.7 Å². The maximum atomic E-state index is 12.1. The number of nitrogens with one attached hydrogen (secondary N) is 1. The molecule has 0 aliphatic rings. The summed E-state index contributed by atoms with van der Waals surface area (Å²) in [5.41, 5.74) is 6.28. The summed E-state index contributed by atoms with van der Waals surface area (Å²) < 4.78 is 5.02. The summed E-state index contributed by atoms with van der Waals surface area (Å²) in [6, 6.07) is 1.67. The standard InChI is InChI=1S/C12H18N4O2S/c1-6(2)9(10(13)19)11(17)16-12-14-7(3)5-8(15-12)18-4/h5-6,9H,1-4H3,(H2,13,19)(H,14,15,16,17). The fraction of sp³-hybridized carbons (Fsp3) is 0.500. The molecule has 7 heteroatoms. The summed E-state index contributed by atoms with van der Waals surface area (Å²) in [5, 5.41) is 2.61. The molecule has 1 unspecified atom stereocenters. The van der Waals surface area contributed by atoms with Gasteiger partial charge in [0.25, 0.3) is 0 Å². The van der Waals surface area contributed by atoms with Crippen LogP contribution < -0.4 is 15.8 Å². The predicted molar refractivity (Wildman–Crippen MR) is 77.1 cm³/mol. The lowest BCUT2D eigenvalue weighted by molar-refractivity contribution is -0.118. The van der Waals surface area contributed by atoms with Crippen molar-refractivity contribution < 1.29 is 9.53 Å². The molecule has 0 saturated carbocycles. The summed E-state index contributed by atoms with van der Waals surface area (Å²) in [6.07, 6.45) is 0. The average Bonchev–Trinajstić information content (AvgIpc) is 2.26. The molecule has 0 aromatic carbocycles. The zero-order valence-corrected chi connectivity index (χ0v) is 12.2. The maximum absolute atomic E-state index is 12.1. The van der Waals surface area contributed by atoms with Crippen molar-refractivity contribution in [1.29, 1.82) is 0 Å². The molecule has 1 rings (SSSR count).